The molecule has 0 saturated heterocycles. The second-order valence-corrected chi connectivity index (χ2v) is 6.64. The van der Waals surface area contributed by atoms with Crippen molar-refractivity contribution in [2.24, 2.45) is 0 Å². The van der Waals surface area contributed by atoms with E-state index in [4.69, 9.17) is 9.47 Å². The van der Waals surface area contributed by atoms with Gasteiger partial charge in [-0.05, 0) is 35.9 Å². The Balaban J connectivity index is 1.30. The summed E-state index contributed by atoms with van der Waals surface area (Å²) in [4.78, 5) is 25.6. The number of hydrogen-bond donors (Lipinski definition) is 2. The highest BCUT2D eigenvalue weighted by molar-refractivity contribution is 6.07. The molecule has 0 saturated carbocycles. The largest absolute Gasteiger partial charge is 0.454 e. The predicted octanol–water partition coefficient (Wildman–Crippen LogP) is 3.62. The molecule has 0 bridgehead atoms. The van der Waals surface area contributed by atoms with Crippen molar-refractivity contribution in [3.63, 3.8) is 0 Å². The molecule has 0 spiro atoms. The van der Waals surface area contributed by atoms with E-state index < -0.39 is 0 Å². The van der Waals surface area contributed by atoms with E-state index >= 15 is 0 Å². The number of rotatable bonds is 5. The molecule has 0 unspecified atom stereocenters. The van der Waals surface area contributed by atoms with Crippen molar-refractivity contribution in [2.45, 2.75) is 6.54 Å². The zero-order valence-corrected chi connectivity index (χ0v) is 15.8. The van der Waals surface area contributed by atoms with Crippen molar-refractivity contribution in [1.29, 1.82) is 0 Å². The summed E-state index contributed by atoms with van der Waals surface area (Å²) in [5.41, 5.74) is 2.60. The van der Waals surface area contributed by atoms with Gasteiger partial charge in [0, 0.05) is 24.3 Å². The number of aromatic nitrogens is 3. The van der Waals surface area contributed by atoms with Crippen LogP contribution in [0.1, 0.15) is 16.1 Å². The van der Waals surface area contributed by atoms with Crippen molar-refractivity contribution >= 4 is 28.4 Å². The molecular weight excluding hydrogens is 382 g/mol. The zero-order chi connectivity index (χ0) is 20.3. The maximum atomic E-state index is 12.7. The smallest absolute Gasteiger partial charge is 0.274 e. The molecule has 1 amide bonds. The Bertz CT molecular complexity index is 1240. The molecule has 8 nitrogen and oxygen atoms in total. The lowest BCUT2D eigenvalue weighted by Gasteiger charge is -2.09. The SMILES string of the molecule is O=C(Nc1cccc2cccnc12)c1ccnc(NCc2ccc3c(c2)OCO3)n1. The fourth-order valence-electron chi connectivity index (χ4n) is 3.19. The third kappa shape index (κ3) is 3.58. The van der Waals surface area contributed by atoms with Gasteiger partial charge in [0.2, 0.25) is 12.7 Å². The highest BCUT2D eigenvalue weighted by Crippen LogP contribution is 2.32. The van der Waals surface area contributed by atoms with E-state index in [1.165, 1.54) is 0 Å². The Morgan fingerprint density at radius 2 is 1.87 bits per heavy atom. The Kier molecular flexibility index (Phi) is 4.57. The second-order valence-electron chi connectivity index (χ2n) is 6.64. The number of pyridine rings is 1. The van der Waals surface area contributed by atoms with Gasteiger partial charge in [-0.2, -0.15) is 0 Å². The average Bonchev–Trinajstić information content (AvgIpc) is 3.26. The first kappa shape index (κ1) is 17.9. The number of nitrogens with zero attached hydrogens (tertiary/aromatic N) is 3. The van der Waals surface area contributed by atoms with Gasteiger partial charge in [-0.25, -0.2) is 9.97 Å². The van der Waals surface area contributed by atoms with Crippen LogP contribution in [0.3, 0.4) is 0 Å². The monoisotopic (exact) mass is 399 g/mol. The van der Waals surface area contributed by atoms with Crippen molar-refractivity contribution in [3.05, 3.63) is 78.2 Å². The molecule has 0 fully saturated rings. The molecule has 1 aliphatic rings. The lowest BCUT2D eigenvalue weighted by Crippen LogP contribution is -2.15. The number of ether oxygens (including phenoxy) is 2. The fraction of sp³-hybridized carbons (Fsp3) is 0.0909. The van der Waals surface area contributed by atoms with E-state index in [0.29, 0.717) is 23.9 Å². The predicted molar refractivity (Wildman–Crippen MR) is 112 cm³/mol. The number of anilines is 2. The molecule has 1 aliphatic heterocycles. The van der Waals surface area contributed by atoms with Gasteiger partial charge in [0.25, 0.3) is 5.91 Å². The summed E-state index contributed by atoms with van der Waals surface area (Å²) >= 11 is 0. The van der Waals surface area contributed by atoms with E-state index in [1.54, 1.807) is 18.5 Å². The van der Waals surface area contributed by atoms with Gasteiger partial charge in [-0.15, -0.1) is 0 Å². The fourth-order valence-corrected chi connectivity index (χ4v) is 3.19. The Morgan fingerprint density at radius 3 is 2.83 bits per heavy atom. The number of para-hydroxylation sites is 1. The number of fused-ring (bicyclic) bond motifs is 2. The number of nitrogens with one attached hydrogen (secondary N) is 2. The average molecular weight is 399 g/mol. The number of hydrogen-bond acceptors (Lipinski definition) is 7. The third-order valence-electron chi connectivity index (χ3n) is 4.66. The van der Waals surface area contributed by atoms with E-state index in [9.17, 15) is 4.79 Å². The summed E-state index contributed by atoms with van der Waals surface area (Å²) in [6, 6.07) is 16.7. The van der Waals surface area contributed by atoms with Gasteiger partial charge in [0.1, 0.15) is 5.69 Å². The van der Waals surface area contributed by atoms with E-state index in [-0.39, 0.29) is 18.4 Å². The number of amides is 1. The minimum atomic E-state index is -0.332. The van der Waals surface area contributed by atoms with Crippen LogP contribution in [-0.4, -0.2) is 27.7 Å². The lowest BCUT2D eigenvalue weighted by molar-refractivity contribution is 0.102. The summed E-state index contributed by atoms with van der Waals surface area (Å²) in [7, 11) is 0. The zero-order valence-electron chi connectivity index (χ0n) is 15.8. The second kappa shape index (κ2) is 7.67. The maximum absolute atomic E-state index is 12.7. The molecule has 148 valence electrons. The van der Waals surface area contributed by atoms with Crippen LogP contribution in [0.15, 0.2) is 67.0 Å². The molecule has 2 aromatic heterocycles. The molecule has 4 aromatic rings. The number of carbonyl (C=O) groups is 1. The minimum absolute atomic E-state index is 0.235. The molecule has 2 aromatic carbocycles. The number of carbonyl (C=O) groups excluding carboxylic acids is 1. The van der Waals surface area contributed by atoms with Gasteiger partial charge >= 0.3 is 0 Å². The summed E-state index contributed by atoms with van der Waals surface area (Å²) < 4.78 is 10.7. The van der Waals surface area contributed by atoms with E-state index in [0.717, 1.165) is 22.2 Å². The first-order valence-electron chi connectivity index (χ1n) is 9.37. The standard InChI is InChI=1S/C22H17N5O3/c28-21(26-16-5-1-3-15-4-2-9-23-20(15)16)17-8-10-24-22(27-17)25-12-14-6-7-18-19(11-14)30-13-29-18/h1-11H,12-13H2,(H,26,28)(H,24,25,27). The van der Waals surface area contributed by atoms with Crippen LogP contribution in [0.25, 0.3) is 10.9 Å². The molecule has 5 rings (SSSR count). The lowest BCUT2D eigenvalue weighted by atomic mass is 10.2. The molecule has 3 heterocycles. The van der Waals surface area contributed by atoms with Gasteiger partial charge in [0.05, 0.1) is 11.2 Å². The molecule has 30 heavy (non-hydrogen) atoms. The highest BCUT2D eigenvalue weighted by Gasteiger charge is 2.14. The Morgan fingerprint density at radius 1 is 0.967 bits per heavy atom. The molecule has 8 heteroatoms. The van der Waals surface area contributed by atoms with Crippen LogP contribution < -0.4 is 20.1 Å². The molecule has 0 radical (unpaired) electrons. The van der Waals surface area contributed by atoms with Crippen LogP contribution in [0, 0.1) is 0 Å². The molecule has 0 atom stereocenters. The van der Waals surface area contributed by atoms with E-state index in [1.807, 2.05) is 48.5 Å². The van der Waals surface area contributed by atoms with Crippen LogP contribution >= 0.6 is 0 Å². The Hall–Kier alpha value is -4.20. The summed E-state index contributed by atoms with van der Waals surface area (Å²) in [6.45, 7) is 0.716. The normalized spacial score (nSPS) is 12.0. The Labute approximate surface area is 171 Å². The first-order valence-corrected chi connectivity index (χ1v) is 9.37. The topological polar surface area (TPSA) is 98.3 Å². The van der Waals surface area contributed by atoms with Gasteiger partial charge in [0.15, 0.2) is 11.5 Å². The van der Waals surface area contributed by atoms with Gasteiger partial charge < -0.3 is 20.1 Å². The van der Waals surface area contributed by atoms with Crippen LogP contribution in [0.2, 0.25) is 0 Å². The maximum Gasteiger partial charge on any atom is 0.274 e. The van der Waals surface area contributed by atoms with Crippen LogP contribution in [0.4, 0.5) is 11.6 Å². The molecular formula is C22H17N5O3. The third-order valence-corrected chi connectivity index (χ3v) is 4.66. The molecule has 0 aliphatic carbocycles. The van der Waals surface area contributed by atoms with Crippen LogP contribution in [0.5, 0.6) is 11.5 Å². The van der Waals surface area contributed by atoms with E-state index in [2.05, 4.69) is 25.6 Å². The summed E-state index contributed by atoms with van der Waals surface area (Å²) in [6.07, 6.45) is 3.24. The van der Waals surface area contributed by atoms with Crippen molar-refractivity contribution < 1.29 is 14.3 Å². The quantitative estimate of drug-likeness (QED) is 0.529. The van der Waals surface area contributed by atoms with Crippen LogP contribution in [-0.2, 0) is 6.54 Å². The summed E-state index contributed by atoms with van der Waals surface area (Å²) in [5, 5.41) is 6.96. The highest BCUT2D eigenvalue weighted by atomic mass is 16.7. The van der Waals surface area contributed by atoms with Crippen molar-refractivity contribution in [2.75, 3.05) is 17.4 Å². The van der Waals surface area contributed by atoms with Gasteiger partial charge in [-0.3, -0.25) is 9.78 Å². The van der Waals surface area contributed by atoms with Gasteiger partial charge in [-0.1, -0.05) is 24.3 Å². The van der Waals surface area contributed by atoms with Crippen molar-refractivity contribution in [1.82, 2.24) is 15.0 Å². The first-order chi connectivity index (χ1) is 14.8. The number of benzene rings is 2. The minimum Gasteiger partial charge on any atom is -0.454 e. The van der Waals surface area contributed by atoms with Crippen molar-refractivity contribution in [3.8, 4) is 11.5 Å². The molecule has 2 N–H and O–H groups in total. The summed E-state index contributed by atoms with van der Waals surface area (Å²) in [5.74, 6) is 1.47.